The predicted molar refractivity (Wildman–Crippen MR) is 45.3 cm³/mol. The van der Waals surface area contributed by atoms with Gasteiger partial charge in [0.25, 0.3) is 0 Å². The molecule has 0 rings (SSSR count). The minimum Gasteiger partial charge on any atom is -0.385 e. The summed E-state index contributed by atoms with van der Waals surface area (Å²) in [7, 11) is 0.120. The number of unbranched alkanes of at least 4 members (excludes halogenated alkanes) is 5. The highest BCUT2D eigenvalue weighted by molar-refractivity contribution is 4.42. The summed E-state index contributed by atoms with van der Waals surface area (Å²) in [6.07, 6.45) is 7.75. The Balaban J connectivity index is 2.69. The summed E-state index contributed by atoms with van der Waals surface area (Å²) in [5.41, 5.74) is 0. The first-order chi connectivity index (χ1) is 5.41. The van der Waals surface area contributed by atoms with E-state index in [9.17, 15) is 0 Å². The second kappa shape index (κ2) is 8.96. The van der Waals surface area contributed by atoms with Crippen LogP contribution in [0.3, 0.4) is 0 Å². The predicted octanol–water partition coefficient (Wildman–Crippen LogP) is 2.99. The lowest BCUT2D eigenvalue weighted by Crippen LogP contribution is -1.87. The molecule has 1 heteroatoms. The lowest BCUT2D eigenvalue weighted by molar-refractivity contribution is 0.192. The van der Waals surface area contributed by atoms with E-state index in [2.05, 4.69) is 6.92 Å². The Morgan fingerprint density at radius 3 is 2.50 bits per heavy atom. The summed E-state index contributed by atoms with van der Waals surface area (Å²) in [5, 5.41) is 0. The molecule has 0 saturated heterocycles. The van der Waals surface area contributed by atoms with Crippen LogP contribution in [-0.4, -0.2) is 13.7 Å². The molecular weight excluding hydrogens is 124 g/mol. The Morgan fingerprint density at radius 2 is 1.80 bits per heavy atom. The molecule has 0 aliphatic rings. The smallest absolute Gasteiger partial charge is 0.0530 e. The van der Waals surface area contributed by atoms with Crippen LogP contribution in [-0.2, 0) is 4.74 Å². The molecule has 0 aliphatic heterocycles. The van der Waals surface area contributed by atoms with Gasteiger partial charge < -0.3 is 4.74 Å². The highest BCUT2D eigenvalue weighted by Gasteiger charge is 1.87. The van der Waals surface area contributed by atoms with Crippen molar-refractivity contribution in [1.82, 2.24) is 0 Å². The van der Waals surface area contributed by atoms with Gasteiger partial charge in [0, 0.05) is 13.7 Å². The summed E-state index contributed by atoms with van der Waals surface area (Å²) < 4.78 is 11.6. The van der Waals surface area contributed by atoms with Crippen molar-refractivity contribution in [2.45, 2.75) is 45.4 Å². The Bertz CT molecular complexity index is 58.6. The quantitative estimate of drug-likeness (QED) is 0.502. The molecule has 10 heavy (non-hydrogen) atoms. The van der Waals surface area contributed by atoms with Crippen molar-refractivity contribution in [2.24, 2.45) is 0 Å². The fraction of sp³-hybridized carbons (Fsp3) is 1.00. The van der Waals surface area contributed by atoms with Gasteiger partial charge in [-0.05, 0) is 6.42 Å². The first-order valence-electron chi connectivity index (χ1n) is 4.99. The van der Waals surface area contributed by atoms with Crippen molar-refractivity contribution in [2.75, 3.05) is 13.7 Å². The number of hydrogen-bond acceptors (Lipinski definition) is 1. The standard InChI is InChI=1S/C9H20O/c1-3-4-5-6-7-8-9-10-2/h3-9H2,1-2H3/i2T. The molecule has 0 fully saturated rings. The van der Waals surface area contributed by atoms with Crippen LogP contribution in [0.4, 0.5) is 0 Å². The largest absolute Gasteiger partial charge is 0.385 e. The van der Waals surface area contributed by atoms with E-state index in [1.165, 1.54) is 32.1 Å². The molecule has 0 heterocycles. The molecule has 1 nitrogen and oxygen atoms in total. The molecule has 0 radical (unpaired) electrons. The second-order valence-corrected chi connectivity index (χ2v) is 2.68. The van der Waals surface area contributed by atoms with Crippen LogP contribution >= 0.6 is 0 Å². The zero-order chi connectivity index (χ0) is 8.36. The van der Waals surface area contributed by atoms with Crippen LogP contribution < -0.4 is 0 Å². The van der Waals surface area contributed by atoms with Gasteiger partial charge in [0.15, 0.2) is 0 Å². The number of ether oxygens (including phenoxy) is 1. The van der Waals surface area contributed by atoms with Gasteiger partial charge in [-0.1, -0.05) is 39.0 Å². The van der Waals surface area contributed by atoms with Crippen LogP contribution in [0.25, 0.3) is 0 Å². The van der Waals surface area contributed by atoms with Gasteiger partial charge in [0.05, 0.1) is 1.37 Å². The van der Waals surface area contributed by atoms with Crippen LogP contribution in [0.1, 0.15) is 46.8 Å². The first kappa shape index (κ1) is 8.06. The summed E-state index contributed by atoms with van der Waals surface area (Å²) in [5.74, 6) is 0. The Hall–Kier alpha value is -0.0400. The maximum absolute atomic E-state index is 6.73. The molecule has 62 valence electrons. The molecule has 0 saturated carbocycles. The zero-order valence-corrected chi connectivity index (χ0v) is 7.07. The lowest BCUT2D eigenvalue weighted by atomic mass is 10.1. The Labute approximate surface area is 66.2 Å². The Kier molecular flexibility index (Phi) is 7.22. The van der Waals surface area contributed by atoms with Gasteiger partial charge in [0.2, 0.25) is 0 Å². The second-order valence-electron chi connectivity index (χ2n) is 2.68. The topological polar surface area (TPSA) is 9.23 Å². The van der Waals surface area contributed by atoms with Crippen molar-refractivity contribution in [3.05, 3.63) is 0 Å². The van der Waals surface area contributed by atoms with Gasteiger partial charge in [-0.15, -0.1) is 0 Å². The van der Waals surface area contributed by atoms with Crippen LogP contribution in [0, 0.1) is 0 Å². The maximum Gasteiger partial charge on any atom is 0.0530 e. The molecule has 0 spiro atoms. The van der Waals surface area contributed by atoms with E-state index in [1.807, 2.05) is 0 Å². The van der Waals surface area contributed by atoms with Crippen molar-refractivity contribution in [3.63, 3.8) is 0 Å². The fourth-order valence-electron chi connectivity index (χ4n) is 0.984. The third kappa shape index (κ3) is 7.96. The third-order valence-electron chi connectivity index (χ3n) is 1.64. The van der Waals surface area contributed by atoms with Gasteiger partial charge in [0.1, 0.15) is 0 Å². The van der Waals surface area contributed by atoms with Crippen LogP contribution in [0.2, 0.25) is 0 Å². The average Bonchev–Trinajstić information content (AvgIpc) is 2.03. The SMILES string of the molecule is [3H]COCCCCCCCC. The molecule has 0 atom stereocenters. The highest BCUT2D eigenvalue weighted by Crippen LogP contribution is 2.04. The van der Waals surface area contributed by atoms with E-state index in [0.717, 1.165) is 13.0 Å². The van der Waals surface area contributed by atoms with Gasteiger partial charge in [-0.25, -0.2) is 0 Å². The van der Waals surface area contributed by atoms with E-state index in [0.29, 0.717) is 0 Å². The average molecular weight is 146 g/mol. The molecule has 0 aromatic carbocycles. The summed E-state index contributed by atoms with van der Waals surface area (Å²) in [4.78, 5) is 0. The maximum atomic E-state index is 6.73. The third-order valence-corrected chi connectivity index (χ3v) is 1.64. The minimum atomic E-state index is 0.120. The van der Waals surface area contributed by atoms with E-state index >= 15 is 0 Å². The monoisotopic (exact) mass is 146 g/mol. The molecular formula is C9H20O. The molecule has 0 amide bonds. The lowest BCUT2D eigenvalue weighted by Gasteiger charge is -1.98. The van der Waals surface area contributed by atoms with Crippen molar-refractivity contribution < 1.29 is 6.11 Å². The number of hydrogen-bond donors (Lipinski definition) is 0. The highest BCUT2D eigenvalue weighted by atomic mass is 16.5. The number of methoxy groups -OCH3 is 1. The van der Waals surface area contributed by atoms with Crippen molar-refractivity contribution in [3.8, 4) is 0 Å². The van der Waals surface area contributed by atoms with Crippen molar-refractivity contribution >= 4 is 0 Å². The molecule has 0 N–H and O–H groups in total. The Morgan fingerprint density at radius 1 is 1.10 bits per heavy atom. The summed E-state index contributed by atoms with van der Waals surface area (Å²) >= 11 is 0. The van der Waals surface area contributed by atoms with Crippen LogP contribution in [0.15, 0.2) is 0 Å². The van der Waals surface area contributed by atoms with Gasteiger partial charge >= 0.3 is 0 Å². The fourth-order valence-corrected chi connectivity index (χ4v) is 0.984. The van der Waals surface area contributed by atoms with Crippen molar-refractivity contribution in [1.29, 1.82) is 0 Å². The summed E-state index contributed by atoms with van der Waals surface area (Å²) in [6, 6.07) is 0. The van der Waals surface area contributed by atoms with Gasteiger partial charge in [-0.3, -0.25) is 0 Å². The van der Waals surface area contributed by atoms with E-state index in [4.69, 9.17) is 6.11 Å². The normalized spacial score (nSPS) is 11.5. The molecule has 0 bridgehead atoms. The minimum absolute atomic E-state index is 0.120. The zero-order valence-electron chi connectivity index (χ0n) is 8.07. The molecule has 0 aromatic heterocycles. The summed E-state index contributed by atoms with van der Waals surface area (Å²) in [6.45, 7) is 3.00. The van der Waals surface area contributed by atoms with E-state index < -0.39 is 0 Å². The first-order valence-corrected chi connectivity index (χ1v) is 4.28. The van der Waals surface area contributed by atoms with Gasteiger partial charge in [-0.2, -0.15) is 0 Å². The van der Waals surface area contributed by atoms with Crippen LogP contribution in [0.5, 0.6) is 0 Å². The molecule has 0 unspecified atom stereocenters. The van der Waals surface area contributed by atoms with E-state index in [-0.39, 0.29) is 7.09 Å². The number of rotatable bonds is 7. The molecule has 0 aromatic rings. The van der Waals surface area contributed by atoms with E-state index in [1.54, 1.807) is 0 Å². The molecule has 0 aliphatic carbocycles.